The number of carbonyl (C=O) groups excluding carboxylic acids is 2. The quantitative estimate of drug-likeness (QED) is 0.867. The van der Waals surface area contributed by atoms with Crippen LogP contribution < -0.4 is 5.32 Å². The average Bonchev–Trinajstić information content (AvgIpc) is 3.18. The third-order valence-electron chi connectivity index (χ3n) is 4.64. The predicted molar refractivity (Wildman–Crippen MR) is 98.0 cm³/mol. The van der Waals surface area contributed by atoms with Crippen molar-refractivity contribution in [2.75, 3.05) is 13.1 Å². The van der Waals surface area contributed by atoms with Crippen LogP contribution in [0.1, 0.15) is 24.0 Å². The van der Waals surface area contributed by atoms with Crippen molar-refractivity contribution >= 4 is 11.8 Å². The Morgan fingerprint density at radius 3 is 2.35 bits per heavy atom. The van der Waals surface area contributed by atoms with Crippen molar-refractivity contribution < 1.29 is 14.0 Å². The highest BCUT2D eigenvalue weighted by atomic mass is 19.1. The van der Waals surface area contributed by atoms with E-state index in [1.807, 2.05) is 30.3 Å². The van der Waals surface area contributed by atoms with Crippen LogP contribution in [-0.2, 0) is 22.4 Å². The lowest BCUT2D eigenvalue weighted by Gasteiger charge is -2.24. The zero-order valence-electron chi connectivity index (χ0n) is 14.7. The number of nitrogens with one attached hydrogen (secondary N) is 1. The molecule has 26 heavy (non-hydrogen) atoms. The second-order valence-corrected chi connectivity index (χ2v) is 6.61. The van der Waals surface area contributed by atoms with E-state index in [2.05, 4.69) is 5.32 Å². The largest absolute Gasteiger partial charge is 0.344 e. The van der Waals surface area contributed by atoms with Gasteiger partial charge < -0.3 is 10.2 Å². The highest BCUT2D eigenvalue weighted by Crippen LogP contribution is 2.13. The molecule has 136 valence electrons. The van der Waals surface area contributed by atoms with Crippen molar-refractivity contribution in [2.45, 2.75) is 31.7 Å². The molecule has 1 atom stereocenters. The Morgan fingerprint density at radius 2 is 1.65 bits per heavy atom. The van der Waals surface area contributed by atoms with Gasteiger partial charge in [0.05, 0.1) is 6.42 Å². The van der Waals surface area contributed by atoms with E-state index in [4.69, 9.17) is 0 Å². The number of rotatable bonds is 6. The van der Waals surface area contributed by atoms with Gasteiger partial charge in [-0.15, -0.1) is 0 Å². The predicted octanol–water partition coefficient (Wildman–Crippen LogP) is 2.72. The highest BCUT2D eigenvalue weighted by molar-refractivity contribution is 5.88. The topological polar surface area (TPSA) is 49.4 Å². The fourth-order valence-electron chi connectivity index (χ4n) is 3.27. The van der Waals surface area contributed by atoms with E-state index in [9.17, 15) is 14.0 Å². The molecule has 4 nitrogen and oxygen atoms in total. The van der Waals surface area contributed by atoms with Crippen LogP contribution in [-0.4, -0.2) is 35.8 Å². The van der Waals surface area contributed by atoms with Gasteiger partial charge in [-0.05, 0) is 30.0 Å². The normalized spacial score (nSPS) is 14.9. The number of halogens is 1. The van der Waals surface area contributed by atoms with Gasteiger partial charge >= 0.3 is 0 Å². The number of amides is 2. The van der Waals surface area contributed by atoms with E-state index in [0.29, 0.717) is 12.0 Å². The minimum Gasteiger partial charge on any atom is -0.344 e. The van der Waals surface area contributed by atoms with Crippen LogP contribution in [0.2, 0.25) is 0 Å². The van der Waals surface area contributed by atoms with Crippen molar-refractivity contribution in [2.24, 2.45) is 0 Å². The second kappa shape index (κ2) is 8.61. The summed E-state index contributed by atoms with van der Waals surface area (Å²) in [7, 11) is 0. The summed E-state index contributed by atoms with van der Waals surface area (Å²) in [5.74, 6) is -0.815. The maximum Gasteiger partial charge on any atom is 0.245 e. The Hall–Kier alpha value is -2.69. The molecule has 1 N–H and O–H groups in total. The average molecular weight is 354 g/mol. The molecule has 0 spiro atoms. The summed E-state index contributed by atoms with van der Waals surface area (Å²) in [4.78, 5) is 27.1. The summed E-state index contributed by atoms with van der Waals surface area (Å²) in [5, 5.41) is 2.82. The first-order valence-corrected chi connectivity index (χ1v) is 8.99. The zero-order valence-corrected chi connectivity index (χ0v) is 14.7. The molecular weight excluding hydrogens is 331 g/mol. The van der Waals surface area contributed by atoms with Gasteiger partial charge in [0.25, 0.3) is 0 Å². The minimum absolute atomic E-state index is 0.0618. The third kappa shape index (κ3) is 4.69. The van der Waals surface area contributed by atoms with Crippen LogP contribution in [0.15, 0.2) is 54.6 Å². The number of hydrogen-bond donors (Lipinski definition) is 1. The summed E-state index contributed by atoms with van der Waals surface area (Å²) in [6.45, 7) is 1.46. The van der Waals surface area contributed by atoms with Gasteiger partial charge in [-0.3, -0.25) is 9.59 Å². The molecule has 1 fully saturated rings. The SMILES string of the molecule is O=C(Cc1ccccc1F)N[C@@H](Cc1ccccc1)C(=O)N1CCCC1. The number of benzene rings is 2. The zero-order chi connectivity index (χ0) is 18.4. The summed E-state index contributed by atoms with van der Waals surface area (Å²) >= 11 is 0. The first-order chi connectivity index (χ1) is 12.6. The standard InChI is InChI=1S/C21H23FN2O2/c22-18-11-5-4-10-17(18)15-20(25)23-19(14-16-8-2-1-3-9-16)21(26)24-12-6-7-13-24/h1-5,8-11,19H,6-7,12-15H2,(H,23,25)/t19-/m0/s1. The highest BCUT2D eigenvalue weighted by Gasteiger charge is 2.28. The molecule has 1 heterocycles. The molecule has 0 unspecified atom stereocenters. The van der Waals surface area contributed by atoms with Crippen molar-refractivity contribution in [3.05, 3.63) is 71.5 Å². The molecule has 1 aliphatic heterocycles. The molecule has 1 saturated heterocycles. The lowest BCUT2D eigenvalue weighted by molar-refractivity contribution is -0.135. The molecule has 0 aromatic heterocycles. The summed E-state index contributed by atoms with van der Waals surface area (Å²) in [6.07, 6.45) is 2.34. The Kier molecular flexibility index (Phi) is 6.00. The number of nitrogens with zero attached hydrogens (tertiary/aromatic N) is 1. The maximum atomic E-state index is 13.8. The van der Waals surface area contributed by atoms with Crippen LogP contribution in [0.4, 0.5) is 4.39 Å². The van der Waals surface area contributed by atoms with E-state index in [0.717, 1.165) is 31.5 Å². The Bertz CT molecular complexity index is 758. The summed E-state index contributed by atoms with van der Waals surface area (Å²) in [5.41, 5.74) is 1.31. The minimum atomic E-state index is -0.630. The molecule has 0 bridgehead atoms. The van der Waals surface area contributed by atoms with E-state index in [-0.39, 0.29) is 18.2 Å². The Balaban J connectivity index is 1.70. The van der Waals surface area contributed by atoms with Crippen LogP contribution in [0.25, 0.3) is 0 Å². The fourth-order valence-corrected chi connectivity index (χ4v) is 3.27. The molecule has 0 aliphatic carbocycles. The first-order valence-electron chi connectivity index (χ1n) is 8.99. The van der Waals surface area contributed by atoms with Crippen molar-refractivity contribution in [1.82, 2.24) is 10.2 Å². The molecule has 2 amide bonds. The van der Waals surface area contributed by atoms with Gasteiger partial charge in [0.2, 0.25) is 11.8 Å². The van der Waals surface area contributed by atoms with E-state index in [1.165, 1.54) is 6.07 Å². The van der Waals surface area contributed by atoms with Crippen LogP contribution in [0.5, 0.6) is 0 Å². The van der Waals surface area contributed by atoms with Crippen molar-refractivity contribution in [3.8, 4) is 0 Å². The molecular formula is C21H23FN2O2. The van der Waals surface area contributed by atoms with Gasteiger partial charge in [-0.25, -0.2) is 4.39 Å². The maximum absolute atomic E-state index is 13.8. The van der Waals surface area contributed by atoms with Crippen LogP contribution in [0, 0.1) is 5.82 Å². The van der Waals surface area contributed by atoms with Crippen molar-refractivity contribution in [3.63, 3.8) is 0 Å². The summed E-state index contributed by atoms with van der Waals surface area (Å²) < 4.78 is 13.8. The van der Waals surface area contributed by atoms with Gasteiger partial charge in [0, 0.05) is 19.5 Å². The van der Waals surface area contributed by atoms with Gasteiger partial charge in [0.1, 0.15) is 11.9 Å². The van der Waals surface area contributed by atoms with Gasteiger partial charge in [-0.2, -0.15) is 0 Å². The third-order valence-corrected chi connectivity index (χ3v) is 4.64. The van der Waals surface area contributed by atoms with E-state index < -0.39 is 11.9 Å². The number of carbonyl (C=O) groups is 2. The van der Waals surface area contributed by atoms with Crippen LogP contribution in [0.3, 0.4) is 0 Å². The fraction of sp³-hybridized carbons (Fsp3) is 0.333. The summed E-state index contributed by atoms with van der Waals surface area (Å²) in [6, 6.07) is 15.2. The molecule has 0 radical (unpaired) electrons. The van der Waals surface area contributed by atoms with E-state index in [1.54, 1.807) is 23.1 Å². The van der Waals surface area contributed by atoms with Gasteiger partial charge in [0.15, 0.2) is 0 Å². The monoisotopic (exact) mass is 354 g/mol. The number of hydrogen-bond acceptors (Lipinski definition) is 2. The van der Waals surface area contributed by atoms with E-state index >= 15 is 0 Å². The molecule has 2 aromatic rings. The first kappa shape index (κ1) is 18.1. The molecule has 3 rings (SSSR count). The number of likely N-dealkylation sites (tertiary alicyclic amines) is 1. The van der Waals surface area contributed by atoms with Crippen LogP contribution >= 0.6 is 0 Å². The Labute approximate surface area is 153 Å². The smallest absolute Gasteiger partial charge is 0.245 e. The lowest BCUT2D eigenvalue weighted by atomic mass is 10.0. The molecule has 0 saturated carbocycles. The van der Waals surface area contributed by atoms with Gasteiger partial charge in [-0.1, -0.05) is 48.5 Å². The molecule has 1 aliphatic rings. The molecule has 2 aromatic carbocycles. The second-order valence-electron chi connectivity index (χ2n) is 6.61. The lowest BCUT2D eigenvalue weighted by Crippen LogP contribution is -2.49. The van der Waals surface area contributed by atoms with Crippen molar-refractivity contribution in [1.29, 1.82) is 0 Å². The Morgan fingerprint density at radius 1 is 1.00 bits per heavy atom. The molecule has 5 heteroatoms.